The molecule has 1 aliphatic heterocycles. The number of carbonyl (C=O) groups excluding carboxylic acids is 1. The summed E-state index contributed by atoms with van der Waals surface area (Å²) in [5, 5.41) is 4.12. The number of carbonyl (C=O) groups is 1. The second kappa shape index (κ2) is 6.77. The Balaban J connectivity index is 0.00000176. The van der Waals surface area contributed by atoms with Crippen LogP contribution in [0, 0.1) is 11.3 Å². The molecule has 3 nitrogen and oxygen atoms in total. The lowest BCUT2D eigenvalue weighted by Crippen LogP contribution is -2.35. The molecule has 1 saturated carbocycles. The molecule has 2 unspecified atom stereocenters. The molecule has 2 fully saturated rings. The van der Waals surface area contributed by atoms with Crippen LogP contribution in [-0.2, 0) is 4.79 Å². The van der Waals surface area contributed by atoms with Crippen LogP contribution in [-0.4, -0.2) is 30.9 Å². The molecule has 2 aliphatic rings. The zero-order valence-electron chi connectivity index (χ0n) is 13.1. The Morgan fingerprint density at radius 3 is 2.64 bits per heavy atom. The highest BCUT2D eigenvalue weighted by atomic mass is 35.5. The first-order chi connectivity index (χ1) is 10.1. The highest BCUT2D eigenvalue weighted by molar-refractivity contribution is 6.31. The van der Waals surface area contributed by atoms with Crippen molar-refractivity contribution >= 4 is 29.9 Å². The van der Waals surface area contributed by atoms with E-state index in [4.69, 9.17) is 11.6 Å². The van der Waals surface area contributed by atoms with Crippen molar-refractivity contribution in [2.24, 2.45) is 11.3 Å². The van der Waals surface area contributed by atoms with E-state index >= 15 is 0 Å². The monoisotopic (exact) mass is 342 g/mol. The van der Waals surface area contributed by atoms with Crippen LogP contribution in [0.4, 0.5) is 0 Å². The molecule has 1 amide bonds. The Kier molecular flexibility index (Phi) is 5.41. The minimum Gasteiger partial charge on any atom is -0.339 e. The number of piperidine rings is 1. The summed E-state index contributed by atoms with van der Waals surface area (Å²) in [6, 6.07) is 7.80. The van der Waals surface area contributed by atoms with E-state index in [1.54, 1.807) is 0 Å². The lowest BCUT2D eigenvalue weighted by Gasteiger charge is -2.29. The third-order valence-corrected chi connectivity index (χ3v) is 5.72. The van der Waals surface area contributed by atoms with E-state index in [1.165, 1.54) is 0 Å². The Hall–Kier alpha value is -0.770. The van der Waals surface area contributed by atoms with Gasteiger partial charge >= 0.3 is 0 Å². The predicted molar refractivity (Wildman–Crippen MR) is 92.5 cm³/mol. The summed E-state index contributed by atoms with van der Waals surface area (Å²) in [6.45, 7) is 4.15. The largest absolute Gasteiger partial charge is 0.339 e. The van der Waals surface area contributed by atoms with Crippen molar-refractivity contribution in [1.82, 2.24) is 10.2 Å². The van der Waals surface area contributed by atoms with Crippen LogP contribution in [0.15, 0.2) is 24.3 Å². The van der Waals surface area contributed by atoms with Crippen LogP contribution >= 0.6 is 24.0 Å². The van der Waals surface area contributed by atoms with Gasteiger partial charge in [0, 0.05) is 18.0 Å². The first kappa shape index (κ1) is 17.6. The van der Waals surface area contributed by atoms with E-state index < -0.39 is 0 Å². The van der Waals surface area contributed by atoms with Gasteiger partial charge < -0.3 is 10.2 Å². The Morgan fingerprint density at radius 2 is 2.00 bits per heavy atom. The number of hydrogen-bond donors (Lipinski definition) is 1. The molecule has 1 aliphatic carbocycles. The molecule has 1 heterocycles. The fourth-order valence-electron chi connectivity index (χ4n) is 3.63. The predicted octanol–water partition coefficient (Wildman–Crippen LogP) is 3.67. The molecule has 3 rings (SSSR count). The number of amides is 1. The van der Waals surface area contributed by atoms with Crippen LogP contribution < -0.4 is 5.32 Å². The smallest absolute Gasteiger partial charge is 0.226 e. The third-order valence-electron chi connectivity index (χ3n) is 5.37. The molecule has 5 heteroatoms. The number of rotatable bonds is 3. The molecule has 1 spiro atoms. The van der Waals surface area contributed by atoms with Crippen LogP contribution in [0.5, 0.6) is 0 Å². The summed E-state index contributed by atoms with van der Waals surface area (Å²) < 4.78 is 0. The van der Waals surface area contributed by atoms with Crippen molar-refractivity contribution in [3.05, 3.63) is 34.9 Å². The van der Waals surface area contributed by atoms with Crippen molar-refractivity contribution in [3.8, 4) is 0 Å². The molecule has 122 valence electrons. The van der Waals surface area contributed by atoms with E-state index in [2.05, 4.69) is 12.2 Å². The fourth-order valence-corrected chi connectivity index (χ4v) is 3.93. The number of halogens is 2. The second-order valence-electron chi connectivity index (χ2n) is 6.52. The average Bonchev–Trinajstić information content (AvgIpc) is 3.19. The SMILES string of the molecule is CC(c1ccccc1Cl)N(C)C(=O)C1CC12CCNCC2.Cl. The molecule has 22 heavy (non-hydrogen) atoms. The zero-order valence-corrected chi connectivity index (χ0v) is 14.7. The first-order valence-electron chi connectivity index (χ1n) is 7.77. The molecule has 1 saturated heterocycles. The number of nitrogens with zero attached hydrogens (tertiary/aromatic N) is 1. The van der Waals surface area contributed by atoms with E-state index in [9.17, 15) is 4.79 Å². The van der Waals surface area contributed by atoms with Gasteiger partial charge in [0.05, 0.1) is 6.04 Å². The van der Waals surface area contributed by atoms with Crippen molar-refractivity contribution in [2.45, 2.75) is 32.2 Å². The Bertz CT molecular complexity index is 543. The molecular weight excluding hydrogens is 319 g/mol. The van der Waals surface area contributed by atoms with Gasteiger partial charge in [-0.3, -0.25) is 4.79 Å². The van der Waals surface area contributed by atoms with Gasteiger partial charge in [-0.05, 0) is 56.3 Å². The lowest BCUT2D eigenvalue weighted by atomic mass is 9.91. The number of nitrogens with one attached hydrogen (secondary N) is 1. The first-order valence-corrected chi connectivity index (χ1v) is 8.15. The van der Waals surface area contributed by atoms with Gasteiger partial charge in [0.2, 0.25) is 5.91 Å². The van der Waals surface area contributed by atoms with Crippen molar-refractivity contribution in [2.75, 3.05) is 20.1 Å². The van der Waals surface area contributed by atoms with Gasteiger partial charge in [-0.25, -0.2) is 0 Å². The van der Waals surface area contributed by atoms with Crippen molar-refractivity contribution < 1.29 is 4.79 Å². The van der Waals surface area contributed by atoms with Crippen molar-refractivity contribution in [1.29, 1.82) is 0 Å². The molecule has 0 radical (unpaired) electrons. The molecule has 0 aromatic heterocycles. The maximum absolute atomic E-state index is 12.8. The summed E-state index contributed by atoms with van der Waals surface area (Å²) >= 11 is 6.26. The summed E-state index contributed by atoms with van der Waals surface area (Å²) in [5.74, 6) is 0.499. The average molecular weight is 343 g/mol. The standard InChI is InChI=1S/C17H23ClN2O.ClH/c1-12(13-5-3-4-6-15(13)18)20(2)16(21)14-11-17(14)7-9-19-10-8-17;/h3-6,12,14,19H,7-11H2,1-2H3;1H. The Labute approximate surface area is 143 Å². The minimum absolute atomic E-state index is 0. The topological polar surface area (TPSA) is 32.3 Å². The molecule has 1 N–H and O–H groups in total. The number of hydrogen-bond acceptors (Lipinski definition) is 2. The van der Waals surface area contributed by atoms with Crippen LogP contribution in [0.2, 0.25) is 5.02 Å². The van der Waals surface area contributed by atoms with Gasteiger partial charge in [0.25, 0.3) is 0 Å². The maximum atomic E-state index is 12.8. The second-order valence-corrected chi connectivity index (χ2v) is 6.92. The van der Waals surface area contributed by atoms with Gasteiger partial charge in [-0.1, -0.05) is 29.8 Å². The van der Waals surface area contributed by atoms with Crippen LogP contribution in [0.25, 0.3) is 0 Å². The third kappa shape index (κ3) is 3.12. The van der Waals surface area contributed by atoms with Gasteiger partial charge in [-0.2, -0.15) is 0 Å². The molecule has 1 aromatic rings. The molecule has 0 bridgehead atoms. The summed E-state index contributed by atoms with van der Waals surface area (Å²) in [6.07, 6.45) is 3.34. The molecule has 2 atom stereocenters. The highest BCUT2D eigenvalue weighted by Gasteiger charge is 2.58. The van der Waals surface area contributed by atoms with E-state index in [0.29, 0.717) is 0 Å². The highest BCUT2D eigenvalue weighted by Crippen LogP contribution is 2.59. The normalized spacial score (nSPS) is 23.5. The number of benzene rings is 1. The summed E-state index contributed by atoms with van der Waals surface area (Å²) in [7, 11) is 1.91. The zero-order chi connectivity index (χ0) is 15.0. The van der Waals surface area contributed by atoms with Crippen LogP contribution in [0.3, 0.4) is 0 Å². The van der Waals surface area contributed by atoms with Crippen LogP contribution in [0.1, 0.15) is 37.8 Å². The summed E-state index contributed by atoms with van der Waals surface area (Å²) in [4.78, 5) is 14.6. The quantitative estimate of drug-likeness (QED) is 0.908. The molecule has 1 aromatic carbocycles. The fraction of sp³-hybridized carbons (Fsp3) is 0.588. The van der Waals surface area contributed by atoms with Gasteiger partial charge in [0.15, 0.2) is 0 Å². The maximum Gasteiger partial charge on any atom is 0.226 e. The van der Waals surface area contributed by atoms with Gasteiger partial charge in [-0.15, -0.1) is 12.4 Å². The Morgan fingerprint density at radius 1 is 1.36 bits per heavy atom. The molecular formula is C17H24Cl2N2O. The summed E-state index contributed by atoms with van der Waals surface area (Å²) in [5.41, 5.74) is 1.31. The van der Waals surface area contributed by atoms with Gasteiger partial charge in [0.1, 0.15) is 0 Å². The lowest BCUT2D eigenvalue weighted by molar-refractivity contribution is -0.134. The van der Waals surface area contributed by atoms with Crippen molar-refractivity contribution in [3.63, 3.8) is 0 Å². The minimum atomic E-state index is 0. The van der Waals surface area contributed by atoms with E-state index in [-0.39, 0.29) is 35.7 Å². The van der Waals surface area contributed by atoms with E-state index in [1.807, 2.05) is 36.2 Å². The van der Waals surface area contributed by atoms with E-state index in [0.717, 1.165) is 42.9 Å².